The minimum atomic E-state index is -0.619. The second-order valence-corrected chi connectivity index (χ2v) is 7.60. The molecule has 2 amide bonds. The van der Waals surface area contributed by atoms with Crippen LogP contribution < -0.4 is 0 Å². The van der Waals surface area contributed by atoms with E-state index in [4.69, 9.17) is 9.15 Å². The summed E-state index contributed by atoms with van der Waals surface area (Å²) in [5.74, 6) is -1.27. The van der Waals surface area contributed by atoms with E-state index >= 15 is 0 Å². The summed E-state index contributed by atoms with van der Waals surface area (Å²) in [5.41, 5.74) is 0. The van der Waals surface area contributed by atoms with E-state index in [9.17, 15) is 18.8 Å². The first-order valence-corrected chi connectivity index (χ1v) is 9.80. The lowest BCUT2D eigenvalue weighted by molar-refractivity contribution is -0.136. The quantitative estimate of drug-likeness (QED) is 0.611. The molecule has 1 fully saturated rings. The first kappa shape index (κ1) is 19.1. The van der Waals surface area contributed by atoms with Gasteiger partial charge < -0.3 is 19.0 Å². The summed E-state index contributed by atoms with van der Waals surface area (Å²) in [6.07, 6.45) is 1.44. The standard InChI is InChI=1S/C20H17FN2O5S/c21-14-3-4-16-13(10-14)11-17(29-16)20(26)28-12-18(24)22-5-7-23(8-6-22)19(25)15-2-1-9-27-15/h1-4,9-11H,5-8,12H2. The van der Waals surface area contributed by atoms with Crippen molar-refractivity contribution in [2.24, 2.45) is 0 Å². The number of esters is 1. The van der Waals surface area contributed by atoms with Crippen molar-refractivity contribution in [3.8, 4) is 0 Å². The highest BCUT2D eigenvalue weighted by molar-refractivity contribution is 7.20. The average Bonchev–Trinajstić information content (AvgIpc) is 3.41. The molecule has 3 heterocycles. The molecule has 1 aromatic carbocycles. The fourth-order valence-corrected chi connectivity index (χ4v) is 4.06. The van der Waals surface area contributed by atoms with Crippen LogP contribution in [0.15, 0.2) is 47.1 Å². The number of amides is 2. The predicted octanol–water partition coefficient (Wildman–Crippen LogP) is 2.77. The van der Waals surface area contributed by atoms with Crippen molar-refractivity contribution >= 4 is 39.2 Å². The molecule has 29 heavy (non-hydrogen) atoms. The Hall–Kier alpha value is -3.20. The molecule has 0 aliphatic carbocycles. The van der Waals surface area contributed by atoms with Gasteiger partial charge in [0.15, 0.2) is 12.4 Å². The Morgan fingerprint density at radius 2 is 1.83 bits per heavy atom. The molecule has 0 atom stereocenters. The van der Waals surface area contributed by atoms with Crippen LogP contribution in [-0.2, 0) is 9.53 Å². The van der Waals surface area contributed by atoms with Crippen LogP contribution in [0.3, 0.4) is 0 Å². The maximum atomic E-state index is 13.3. The van der Waals surface area contributed by atoms with E-state index in [-0.39, 0.29) is 30.0 Å². The second kappa shape index (κ2) is 8.04. The molecule has 1 aliphatic rings. The number of ether oxygens (including phenoxy) is 1. The highest BCUT2D eigenvalue weighted by Gasteiger charge is 2.26. The molecule has 150 valence electrons. The number of carbonyl (C=O) groups excluding carboxylic acids is 3. The van der Waals surface area contributed by atoms with Gasteiger partial charge in [0.25, 0.3) is 11.8 Å². The van der Waals surface area contributed by atoms with Crippen molar-refractivity contribution in [3.05, 3.63) is 59.1 Å². The van der Waals surface area contributed by atoms with Crippen LogP contribution in [0.4, 0.5) is 4.39 Å². The monoisotopic (exact) mass is 416 g/mol. The zero-order valence-corrected chi connectivity index (χ0v) is 16.1. The molecule has 9 heteroatoms. The Morgan fingerprint density at radius 3 is 2.55 bits per heavy atom. The van der Waals surface area contributed by atoms with Gasteiger partial charge in [-0.3, -0.25) is 9.59 Å². The van der Waals surface area contributed by atoms with Crippen LogP contribution in [0.5, 0.6) is 0 Å². The first-order valence-electron chi connectivity index (χ1n) is 8.98. The molecule has 0 spiro atoms. The summed E-state index contributed by atoms with van der Waals surface area (Å²) < 4.78 is 24.3. The predicted molar refractivity (Wildman–Crippen MR) is 103 cm³/mol. The average molecular weight is 416 g/mol. The molecule has 0 bridgehead atoms. The molecular weight excluding hydrogens is 399 g/mol. The highest BCUT2D eigenvalue weighted by Crippen LogP contribution is 2.26. The van der Waals surface area contributed by atoms with E-state index in [1.165, 1.54) is 29.7 Å². The van der Waals surface area contributed by atoms with Crippen LogP contribution in [0.1, 0.15) is 20.2 Å². The number of carbonyl (C=O) groups is 3. The number of halogens is 1. The van der Waals surface area contributed by atoms with Gasteiger partial charge in [-0.25, -0.2) is 9.18 Å². The summed E-state index contributed by atoms with van der Waals surface area (Å²) in [6, 6.07) is 9.07. The van der Waals surface area contributed by atoms with Crippen molar-refractivity contribution in [1.29, 1.82) is 0 Å². The molecule has 4 rings (SSSR count). The Kier molecular flexibility index (Phi) is 5.30. The summed E-state index contributed by atoms with van der Waals surface area (Å²) in [4.78, 5) is 40.3. The van der Waals surface area contributed by atoms with Crippen molar-refractivity contribution in [3.63, 3.8) is 0 Å². The maximum absolute atomic E-state index is 13.3. The van der Waals surface area contributed by atoms with Crippen LogP contribution in [0, 0.1) is 5.82 Å². The first-order chi connectivity index (χ1) is 14.0. The summed E-state index contributed by atoms with van der Waals surface area (Å²) in [7, 11) is 0. The molecule has 0 N–H and O–H groups in total. The highest BCUT2D eigenvalue weighted by atomic mass is 32.1. The number of thiophene rings is 1. The minimum absolute atomic E-state index is 0.213. The number of hydrogen-bond acceptors (Lipinski definition) is 6. The number of hydrogen-bond donors (Lipinski definition) is 0. The van der Waals surface area contributed by atoms with E-state index in [0.717, 1.165) is 4.70 Å². The molecule has 7 nitrogen and oxygen atoms in total. The lowest BCUT2D eigenvalue weighted by Gasteiger charge is -2.34. The van der Waals surface area contributed by atoms with E-state index in [0.29, 0.717) is 36.4 Å². The van der Waals surface area contributed by atoms with Gasteiger partial charge in [-0.1, -0.05) is 0 Å². The smallest absolute Gasteiger partial charge is 0.348 e. The SMILES string of the molecule is O=C(OCC(=O)N1CCN(C(=O)c2ccco2)CC1)c1cc2cc(F)ccc2s1. The van der Waals surface area contributed by atoms with Gasteiger partial charge in [0.2, 0.25) is 0 Å². The second-order valence-electron chi connectivity index (χ2n) is 6.52. The van der Waals surface area contributed by atoms with Gasteiger partial charge in [0, 0.05) is 30.9 Å². The Labute approximate surface area is 169 Å². The van der Waals surface area contributed by atoms with E-state index < -0.39 is 5.97 Å². The molecule has 0 unspecified atom stereocenters. The van der Waals surface area contributed by atoms with Crippen molar-refractivity contribution < 1.29 is 27.9 Å². The Bertz CT molecular complexity index is 1050. The van der Waals surface area contributed by atoms with Crippen LogP contribution in [-0.4, -0.2) is 60.4 Å². The molecule has 1 aliphatic heterocycles. The topological polar surface area (TPSA) is 80.1 Å². The number of fused-ring (bicyclic) bond motifs is 1. The number of rotatable bonds is 4. The molecule has 1 saturated heterocycles. The largest absolute Gasteiger partial charge is 0.459 e. The summed E-state index contributed by atoms with van der Waals surface area (Å²) in [5, 5.41) is 0.616. The number of furan rings is 1. The van der Waals surface area contributed by atoms with E-state index in [2.05, 4.69) is 0 Å². The fraction of sp³-hybridized carbons (Fsp3) is 0.250. The lowest BCUT2D eigenvalue weighted by Crippen LogP contribution is -2.51. The lowest BCUT2D eigenvalue weighted by atomic mass is 10.2. The molecule has 3 aromatic rings. The third-order valence-corrected chi connectivity index (χ3v) is 5.75. The van der Waals surface area contributed by atoms with Crippen molar-refractivity contribution in [2.45, 2.75) is 0 Å². The molecule has 2 aromatic heterocycles. The number of nitrogens with zero attached hydrogens (tertiary/aromatic N) is 2. The molecular formula is C20H17FN2O5S. The summed E-state index contributed by atoms with van der Waals surface area (Å²) in [6.45, 7) is 1.08. The van der Waals surface area contributed by atoms with Gasteiger partial charge in [-0.05, 0) is 41.8 Å². The Morgan fingerprint density at radius 1 is 1.07 bits per heavy atom. The van der Waals surface area contributed by atoms with E-state index in [1.54, 1.807) is 34.1 Å². The van der Waals surface area contributed by atoms with E-state index in [1.807, 2.05) is 0 Å². The minimum Gasteiger partial charge on any atom is -0.459 e. The third-order valence-electron chi connectivity index (χ3n) is 4.66. The van der Waals surface area contributed by atoms with Crippen molar-refractivity contribution in [2.75, 3.05) is 32.8 Å². The van der Waals surface area contributed by atoms with Gasteiger partial charge >= 0.3 is 5.97 Å². The van der Waals surface area contributed by atoms with Gasteiger partial charge in [0.1, 0.15) is 10.7 Å². The van der Waals surface area contributed by atoms with Crippen LogP contribution >= 0.6 is 11.3 Å². The van der Waals surface area contributed by atoms with Crippen LogP contribution in [0.2, 0.25) is 0 Å². The zero-order valence-electron chi connectivity index (χ0n) is 15.3. The normalized spacial score (nSPS) is 14.2. The van der Waals surface area contributed by atoms with Gasteiger partial charge in [0.05, 0.1) is 6.26 Å². The van der Waals surface area contributed by atoms with Crippen molar-refractivity contribution in [1.82, 2.24) is 9.80 Å². The van der Waals surface area contributed by atoms with Gasteiger partial charge in [-0.15, -0.1) is 11.3 Å². The summed E-state index contributed by atoms with van der Waals surface area (Å²) >= 11 is 1.18. The Balaban J connectivity index is 1.28. The number of benzene rings is 1. The van der Waals surface area contributed by atoms with Gasteiger partial charge in [-0.2, -0.15) is 0 Å². The molecule has 0 saturated carbocycles. The van der Waals surface area contributed by atoms with Crippen LogP contribution in [0.25, 0.3) is 10.1 Å². The molecule has 0 radical (unpaired) electrons. The zero-order chi connectivity index (χ0) is 20.4. The maximum Gasteiger partial charge on any atom is 0.348 e. The third kappa shape index (κ3) is 4.14. The number of piperazine rings is 1. The fourth-order valence-electron chi connectivity index (χ4n) is 3.12.